The maximum absolute atomic E-state index is 10.3. The van der Waals surface area contributed by atoms with E-state index in [0.29, 0.717) is 0 Å². The van der Waals surface area contributed by atoms with Crippen molar-refractivity contribution in [2.75, 3.05) is 0 Å². The molecule has 13 heavy (non-hydrogen) atoms. The van der Waals surface area contributed by atoms with Gasteiger partial charge in [0.2, 0.25) is 0 Å². The first-order valence-electron chi connectivity index (χ1n) is 3.00. The van der Waals surface area contributed by atoms with Crippen LogP contribution in [0.25, 0.3) is 0 Å². The summed E-state index contributed by atoms with van der Waals surface area (Å²) in [6.45, 7) is 0. The zero-order valence-corrected chi connectivity index (χ0v) is 7.35. The van der Waals surface area contributed by atoms with Gasteiger partial charge in [0.1, 0.15) is 0 Å². The molecule has 72 valence electrons. The number of phenolic OH excluding ortho intramolecular Hbond substituents is 3. The van der Waals surface area contributed by atoms with Gasteiger partial charge in [-0.25, -0.2) is 4.79 Å². The molecule has 0 bridgehead atoms. The van der Waals surface area contributed by atoms with Crippen LogP contribution in [0.15, 0.2) is 12.1 Å². The van der Waals surface area contributed by atoms with Crippen LogP contribution in [-0.2, 0) is 0 Å². The van der Waals surface area contributed by atoms with Crippen LogP contribution in [-0.4, -0.2) is 26.4 Å². The number of hydrogen-bond acceptors (Lipinski definition) is 4. The number of carboxylic acids is 1. The topological polar surface area (TPSA) is 98.0 Å². The second-order valence-electron chi connectivity index (χ2n) is 2.17. The molecule has 0 amide bonds. The van der Waals surface area contributed by atoms with E-state index in [1.807, 2.05) is 0 Å². The van der Waals surface area contributed by atoms with Gasteiger partial charge in [-0.15, -0.1) is 0 Å². The molecule has 0 atom stereocenters. The summed E-state index contributed by atoms with van der Waals surface area (Å²) in [7, 11) is 0. The minimum atomic E-state index is -1.29. The Labute approximate surface area is 80.3 Å². The van der Waals surface area contributed by atoms with Crippen LogP contribution in [0.1, 0.15) is 10.4 Å². The van der Waals surface area contributed by atoms with Crippen molar-refractivity contribution in [3.63, 3.8) is 0 Å². The Balaban J connectivity index is 0.00000144. The summed E-state index contributed by atoms with van der Waals surface area (Å²) < 4.78 is 0. The van der Waals surface area contributed by atoms with Gasteiger partial charge in [-0.3, -0.25) is 0 Å². The molecule has 0 aliphatic heterocycles. The van der Waals surface area contributed by atoms with Gasteiger partial charge in [-0.1, -0.05) is 0 Å². The highest BCUT2D eigenvalue weighted by Gasteiger charge is 2.11. The predicted molar refractivity (Wildman–Crippen MR) is 48.8 cm³/mol. The first-order chi connectivity index (χ1) is 5.52. The van der Waals surface area contributed by atoms with Gasteiger partial charge in [0.15, 0.2) is 17.2 Å². The summed E-state index contributed by atoms with van der Waals surface area (Å²) >= 11 is 0. The van der Waals surface area contributed by atoms with Crippen LogP contribution in [0, 0.1) is 0 Å². The summed E-state index contributed by atoms with van der Waals surface area (Å²) in [6, 6.07) is 1.69. The Kier molecular flexibility index (Phi) is 3.43. The predicted octanol–water partition coefficient (Wildman–Crippen LogP) is 0.614. The highest BCUT2D eigenvalue weighted by molar-refractivity contribution is 7.59. The summed E-state index contributed by atoms with van der Waals surface area (Å²) in [4.78, 5) is 10.3. The van der Waals surface area contributed by atoms with Gasteiger partial charge in [-0.05, 0) is 12.1 Å². The van der Waals surface area contributed by atoms with E-state index < -0.39 is 23.2 Å². The third-order valence-corrected chi connectivity index (χ3v) is 1.32. The number of hydrogen-bond donors (Lipinski definition) is 4. The molecule has 4 N–H and O–H groups in total. The number of carbonyl (C=O) groups is 1. The Morgan fingerprint density at radius 3 is 1.77 bits per heavy atom. The third kappa shape index (κ3) is 2.19. The lowest BCUT2D eigenvalue weighted by molar-refractivity contribution is 0.0696. The second kappa shape index (κ2) is 3.90. The van der Waals surface area contributed by atoms with Crippen molar-refractivity contribution in [2.45, 2.75) is 0 Å². The minimum absolute atomic E-state index is 0. The van der Waals surface area contributed by atoms with Crippen LogP contribution >= 0.6 is 13.5 Å². The number of aromatic hydroxyl groups is 3. The molecule has 0 radical (unpaired) electrons. The molecule has 0 saturated heterocycles. The Bertz CT molecular complexity index is 313. The van der Waals surface area contributed by atoms with Crippen molar-refractivity contribution < 1.29 is 25.2 Å². The molecule has 1 aromatic rings. The molecule has 0 saturated carbocycles. The Hall–Kier alpha value is -1.56. The lowest BCUT2D eigenvalue weighted by Crippen LogP contribution is -1.95. The molecule has 5 nitrogen and oxygen atoms in total. The number of phenols is 3. The lowest BCUT2D eigenvalue weighted by atomic mass is 10.2. The van der Waals surface area contributed by atoms with E-state index in [1.165, 1.54) is 0 Å². The van der Waals surface area contributed by atoms with E-state index in [4.69, 9.17) is 20.4 Å². The smallest absolute Gasteiger partial charge is 0.335 e. The maximum Gasteiger partial charge on any atom is 0.335 e. The number of benzene rings is 1. The molecule has 0 spiro atoms. The summed E-state index contributed by atoms with van der Waals surface area (Å²) in [6.07, 6.45) is 0. The normalized spacial score (nSPS) is 8.92. The average molecular weight is 204 g/mol. The van der Waals surface area contributed by atoms with Gasteiger partial charge < -0.3 is 20.4 Å². The van der Waals surface area contributed by atoms with Crippen molar-refractivity contribution in [1.29, 1.82) is 0 Å². The van der Waals surface area contributed by atoms with Crippen molar-refractivity contribution in [3.05, 3.63) is 17.7 Å². The summed E-state index contributed by atoms with van der Waals surface area (Å²) in [5, 5.41) is 35.0. The standard InChI is InChI=1S/C7H6O5.H2S/c8-4-1-3(7(11)12)2-5(9)6(4)10;/h1-2,8-10H,(H,11,12);1H2. The van der Waals surface area contributed by atoms with Gasteiger partial charge >= 0.3 is 5.97 Å². The highest BCUT2D eigenvalue weighted by Crippen LogP contribution is 2.35. The van der Waals surface area contributed by atoms with Gasteiger partial charge in [0.25, 0.3) is 0 Å². The molecule has 0 aliphatic rings. The van der Waals surface area contributed by atoms with Gasteiger partial charge in [-0.2, -0.15) is 13.5 Å². The van der Waals surface area contributed by atoms with Gasteiger partial charge in [0, 0.05) is 0 Å². The molecular weight excluding hydrogens is 196 g/mol. The highest BCUT2D eigenvalue weighted by atomic mass is 32.1. The van der Waals surface area contributed by atoms with Crippen LogP contribution in [0.2, 0.25) is 0 Å². The SMILES string of the molecule is O=C(O)c1cc(O)c(O)c(O)c1.S. The van der Waals surface area contributed by atoms with Crippen LogP contribution in [0.3, 0.4) is 0 Å². The van der Waals surface area contributed by atoms with E-state index in [2.05, 4.69) is 0 Å². The molecule has 6 heteroatoms. The first kappa shape index (κ1) is 11.4. The fraction of sp³-hybridized carbons (Fsp3) is 0. The maximum atomic E-state index is 10.3. The molecule has 0 heterocycles. The summed E-state index contributed by atoms with van der Waals surface area (Å²) in [5.74, 6) is -3.33. The summed E-state index contributed by atoms with van der Waals surface area (Å²) in [5.41, 5.74) is -0.289. The number of rotatable bonds is 1. The fourth-order valence-electron chi connectivity index (χ4n) is 0.728. The molecule has 1 aromatic carbocycles. The Morgan fingerprint density at radius 2 is 1.46 bits per heavy atom. The average Bonchev–Trinajstić information content (AvgIpc) is 1.99. The van der Waals surface area contributed by atoms with Crippen molar-refractivity contribution in [3.8, 4) is 17.2 Å². The van der Waals surface area contributed by atoms with Crippen LogP contribution in [0.5, 0.6) is 17.2 Å². The zero-order chi connectivity index (χ0) is 9.30. The first-order valence-corrected chi connectivity index (χ1v) is 3.00. The van der Waals surface area contributed by atoms with Gasteiger partial charge in [0.05, 0.1) is 5.56 Å². The monoisotopic (exact) mass is 204 g/mol. The molecule has 0 aromatic heterocycles. The number of aromatic carboxylic acids is 1. The molecule has 1 rings (SSSR count). The lowest BCUT2D eigenvalue weighted by Gasteiger charge is -2.01. The molecule has 0 fully saturated rings. The van der Waals surface area contributed by atoms with Crippen molar-refractivity contribution in [2.24, 2.45) is 0 Å². The Morgan fingerprint density at radius 1 is 1.08 bits per heavy atom. The zero-order valence-electron chi connectivity index (χ0n) is 6.35. The number of carboxylic acid groups (broad SMARTS) is 1. The van der Waals surface area contributed by atoms with E-state index in [-0.39, 0.29) is 19.1 Å². The molecule has 0 unspecified atom stereocenters. The van der Waals surface area contributed by atoms with E-state index in [9.17, 15) is 4.79 Å². The van der Waals surface area contributed by atoms with E-state index in [1.54, 1.807) is 0 Å². The van der Waals surface area contributed by atoms with E-state index >= 15 is 0 Å². The third-order valence-electron chi connectivity index (χ3n) is 1.32. The molecule has 0 aliphatic carbocycles. The fourth-order valence-corrected chi connectivity index (χ4v) is 0.728. The largest absolute Gasteiger partial charge is 0.504 e. The van der Waals surface area contributed by atoms with Crippen LogP contribution in [0.4, 0.5) is 0 Å². The molecular formula is C7H8O5S. The van der Waals surface area contributed by atoms with E-state index in [0.717, 1.165) is 12.1 Å². The second-order valence-corrected chi connectivity index (χ2v) is 2.17. The minimum Gasteiger partial charge on any atom is -0.504 e. The van der Waals surface area contributed by atoms with Crippen molar-refractivity contribution >= 4 is 19.5 Å². The van der Waals surface area contributed by atoms with Crippen LogP contribution < -0.4 is 0 Å². The van der Waals surface area contributed by atoms with Crippen molar-refractivity contribution in [1.82, 2.24) is 0 Å². The quantitative estimate of drug-likeness (QED) is 0.502.